The minimum absolute atomic E-state index is 0.565. The maximum Gasteiger partial charge on any atom is 0.573 e. The number of nitro groups is 1. The van der Waals surface area contributed by atoms with E-state index < -0.39 is 39.8 Å². The van der Waals surface area contributed by atoms with Crippen LogP contribution in [0.25, 0.3) is 0 Å². The second-order valence-corrected chi connectivity index (χ2v) is 3.01. The van der Waals surface area contributed by atoms with Crippen LogP contribution in [-0.4, -0.2) is 29.3 Å². The Kier molecular flexibility index (Phi) is 3.77. The number of pyridine rings is 1. The van der Waals surface area contributed by atoms with Gasteiger partial charge in [-0.1, -0.05) is 0 Å². The Balaban J connectivity index is 3.56. The van der Waals surface area contributed by atoms with Gasteiger partial charge in [-0.15, -0.1) is 13.2 Å². The topological polar surface area (TPSA) is 112 Å². The van der Waals surface area contributed by atoms with Crippen molar-refractivity contribution in [3.63, 3.8) is 0 Å². The molecule has 19 heavy (non-hydrogen) atoms. The van der Waals surface area contributed by atoms with E-state index in [0.29, 0.717) is 6.20 Å². The van der Waals surface area contributed by atoms with Crippen molar-refractivity contribution in [3.8, 4) is 5.75 Å². The van der Waals surface area contributed by atoms with Crippen LogP contribution in [0.15, 0.2) is 11.0 Å². The van der Waals surface area contributed by atoms with Crippen molar-refractivity contribution in [1.29, 1.82) is 0 Å². The molecule has 104 valence electrons. The van der Waals surface area contributed by atoms with Gasteiger partial charge in [0.05, 0.1) is 12.0 Å². The van der Waals surface area contributed by atoms with Crippen LogP contribution in [0.4, 0.5) is 18.9 Å². The number of hydrogen-bond acceptors (Lipinski definition) is 6. The van der Waals surface area contributed by atoms with Gasteiger partial charge in [0.25, 0.3) is 11.3 Å². The van der Waals surface area contributed by atoms with Crippen molar-refractivity contribution in [2.45, 2.75) is 6.36 Å². The minimum atomic E-state index is -5.33. The number of carbonyl (C=O) groups is 1. The second-order valence-electron chi connectivity index (χ2n) is 3.01. The van der Waals surface area contributed by atoms with Crippen LogP contribution in [0.3, 0.4) is 0 Å². The van der Waals surface area contributed by atoms with Crippen molar-refractivity contribution in [1.82, 2.24) is 4.98 Å². The van der Waals surface area contributed by atoms with E-state index in [1.54, 1.807) is 4.98 Å². The first-order chi connectivity index (χ1) is 8.67. The number of rotatable bonds is 3. The number of esters is 1. The summed E-state index contributed by atoms with van der Waals surface area (Å²) >= 11 is 0. The van der Waals surface area contributed by atoms with E-state index in [4.69, 9.17) is 0 Å². The lowest BCUT2D eigenvalue weighted by molar-refractivity contribution is -0.389. The Bertz CT molecular complexity index is 579. The zero-order valence-corrected chi connectivity index (χ0v) is 9.11. The maximum absolute atomic E-state index is 12.1. The van der Waals surface area contributed by atoms with E-state index in [1.807, 2.05) is 0 Å². The normalized spacial score (nSPS) is 10.9. The smallest absolute Gasteiger partial charge is 0.465 e. The summed E-state index contributed by atoms with van der Waals surface area (Å²) in [6, 6.07) is 0. The van der Waals surface area contributed by atoms with Gasteiger partial charge in [0.2, 0.25) is 0 Å². The Morgan fingerprint density at radius 2 is 2.05 bits per heavy atom. The highest BCUT2D eigenvalue weighted by molar-refractivity contribution is 5.94. The van der Waals surface area contributed by atoms with E-state index in [1.165, 1.54) is 0 Å². The van der Waals surface area contributed by atoms with Crippen molar-refractivity contribution in [2.75, 3.05) is 7.11 Å². The van der Waals surface area contributed by atoms with E-state index in [9.17, 15) is 32.9 Å². The first-order valence-corrected chi connectivity index (χ1v) is 4.41. The molecular weight excluding hydrogens is 277 g/mol. The van der Waals surface area contributed by atoms with Gasteiger partial charge in [0, 0.05) is 6.20 Å². The number of ether oxygens (including phenoxy) is 2. The summed E-state index contributed by atoms with van der Waals surface area (Å²) in [6.07, 6.45) is -4.76. The number of hydrogen-bond donors (Lipinski definition) is 1. The summed E-state index contributed by atoms with van der Waals surface area (Å²) in [4.78, 5) is 33.4. The predicted molar refractivity (Wildman–Crippen MR) is 51.7 cm³/mol. The van der Waals surface area contributed by atoms with Gasteiger partial charge >= 0.3 is 18.0 Å². The van der Waals surface area contributed by atoms with Gasteiger partial charge in [-0.3, -0.25) is 14.9 Å². The van der Waals surface area contributed by atoms with E-state index in [2.05, 4.69) is 9.47 Å². The van der Waals surface area contributed by atoms with Crippen molar-refractivity contribution in [3.05, 3.63) is 32.2 Å². The van der Waals surface area contributed by atoms with Crippen LogP contribution < -0.4 is 10.3 Å². The average molecular weight is 282 g/mol. The lowest BCUT2D eigenvalue weighted by Gasteiger charge is -2.09. The van der Waals surface area contributed by atoms with Gasteiger partial charge < -0.3 is 14.5 Å². The third-order valence-electron chi connectivity index (χ3n) is 1.83. The number of nitrogens with one attached hydrogen (secondary N) is 1. The fourth-order valence-corrected chi connectivity index (χ4v) is 1.16. The molecule has 1 N–H and O–H groups in total. The van der Waals surface area contributed by atoms with Crippen LogP contribution in [0.1, 0.15) is 10.4 Å². The fourth-order valence-electron chi connectivity index (χ4n) is 1.16. The van der Waals surface area contributed by atoms with Crippen LogP contribution in [0.5, 0.6) is 5.75 Å². The molecule has 1 heterocycles. The lowest BCUT2D eigenvalue weighted by atomic mass is 10.2. The fraction of sp³-hybridized carbons (Fsp3) is 0.250. The standard InChI is InChI=1S/C8H5F3N2O6/c1-18-7(15)3-2-12-6(14)5(4(3)13(16)17)19-8(9,10)11/h2H,1H3,(H,12,14). The molecule has 0 saturated carbocycles. The van der Waals surface area contributed by atoms with E-state index in [-0.39, 0.29) is 0 Å². The SMILES string of the molecule is COC(=O)c1c[nH]c(=O)c(OC(F)(F)F)c1[N+](=O)[O-]. The Morgan fingerprint density at radius 3 is 2.47 bits per heavy atom. The predicted octanol–water partition coefficient (Wildman–Crippen LogP) is 0.968. The molecule has 0 spiro atoms. The molecule has 0 amide bonds. The Labute approximate surface area is 101 Å². The number of aromatic amines is 1. The van der Waals surface area contributed by atoms with Crippen LogP contribution in [0, 0.1) is 10.1 Å². The molecule has 0 unspecified atom stereocenters. The summed E-state index contributed by atoms with van der Waals surface area (Å²) < 4.78 is 43.6. The van der Waals surface area contributed by atoms with E-state index in [0.717, 1.165) is 7.11 Å². The second kappa shape index (κ2) is 4.96. The lowest BCUT2D eigenvalue weighted by Crippen LogP contribution is -2.25. The summed E-state index contributed by atoms with van der Waals surface area (Å²) in [5.41, 5.74) is -3.80. The van der Waals surface area contributed by atoms with Gasteiger partial charge in [0.15, 0.2) is 5.56 Å². The van der Waals surface area contributed by atoms with Crippen LogP contribution in [0.2, 0.25) is 0 Å². The summed E-state index contributed by atoms with van der Waals surface area (Å²) in [5, 5.41) is 10.7. The summed E-state index contributed by atoms with van der Waals surface area (Å²) in [6.45, 7) is 0. The molecule has 0 aliphatic carbocycles. The van der Waals surface area contributed by atoms with Gasteiger partial charge in [-0.25, -0.2) is 4.79 Å². The minimum Gasteiger partial charge on any atom is -0.465 e. The van der Waals surface area contributed by atoms with Gasteiger partial charge in [0.1, 0.15) is 0 Å². The monoisotopic (exact) mass is 282 g/mol. The largest absolute Gasteiger partial charge is 0.573 e. The molecule has 0 aromatic carbocycles. The first kappa shape index (κ1) is 14.5. The maximum atomic E-state index is 12.1. The Morgan fingerprint density at radius 1 is 1.47 bits per heavy atom. The quantitative estimate of drug-likeness (QED) is 0.502. The highest BCUT2D eigenvalue weighted by Crippen LogP contribution is 2.31. The molecule has 11 heteroatoms. The molecule has 0 bridgehead atoms. The number of carbonyl (C=O) groups excluding carboxylic acids is 1. The number of aromatic nitrogens is 1. The molecule has 0 aliphatic heterocycles. The van der Waals surface area contributed by atoms with Gasteiger partial charge in [-0.2, -0.15) is 0 Å². The highest BCUT2D eigenvalue weighted by atomic mass is 19.4. The third kappa shape index (κ3) is 3.20. The molecule has 0 fully saturated rings. The number of H-pyrrole nitrogens is 1. The summed E-state index contributed by atoms with van der Waals surface area (Å²) in [5.74, 6) is -2.93. The average Bonchev–Trinajstić information content (AvgIpc) is 2.28. The van der Waals surface area contributed by atoms with Crippen molar-refractivity contribution >= 4 is 11.7 Å². The van der Waals surface area contributed by atoms with E-state index >= 15 is 0 Å². The van der Waals surface area contributed by atoms with Crippen molar-refractivity contribution in [2.24, 2.45) is 0 Å². The van der Waals surface area contributed by atoms with Crippen molar-refractivity contribution < 1.29 is 32.4 Å². The van der Waals surface area contributed by atoms with Crippen LogP contribution in [-0.2, 0) is 4.74 Å². The molecule has 0 aliphatic rings. The molecule has 0 radical (unpaired) electrons. The zero-order valence-electron chi connectivity index (χ0n) is 9.11. The number of methoxy groups -OCH3 is 1. The summed E-state index contributed by atoms with van der Waals surface area (Å²) in [7, 11) is 0.863. The molecular formula is C8H5F3N2O6. The van der Waals surface area contributed by atoms with Crippen LogP contribution >= 0.6 is 0 Å². The molecule has 1 aromatic heterocycles. The molecule has 0 atom stereocenters. The number of alkyl halides is 3. The van der Waals surface area contributed by atoms with Gasteiger partial charge in [-0.05, 0) is 0 Å². The molecule has 0 saturated heterocycles. The number of nitrogens with zero attached hydrogens (tertiary/aromatic N) is 1. The molecule has 1 rings (SSSR count). The first-order valence-electron chi connectivity index (χ1n) is 4.41. The third-order valence-corrected chi connectivity index (χ3v) is 1.83. The number of halogens is 3. The molecule has 8 nitrogen and oxygen atoms in total. The Hall–Kier alpha value is -2.59. The highest BCUT2D eigenvalue weighted by Gasteiger charge is 2.39. The molecule has 1 aromatic rings. The zero-order chi connectivity index (χ0) is 14.8.